The van der Waals surface area contributed by atoms with Crippen LogP contribution in [0.1, 0.15) is 19.4 Å². The van der Waals surface area contributed by atoms with Gasteiger partial charge in [0, 0.05) is 23.4 Å². The number of nitrogens with zero attached hydrogens (tertiary/aromatic N) is 2. The number of ether oxygens (including phenoxy) is 1. The van der Waals surface area contributed by atoms with Crippen molar-refractivity contribution in [3.05, 3.63) is 58.1 Å². The van der Waals surface area contributed by atoms with Gasteiger partial charge in [-0.1, -0.05) is 0 Å². The molecule has 2 aromatic rings. The van der Waals surface area contributed by atoms with E-state index in [0.29, 0.717) is 6.61 Å². The third-order valence-corrected chi connectivity index (χ3v) is 3.54. The SMILES string of the molecule is CCOc1ccc(N[C@@H](C)C(=O)N/N=C\c2cc([N+](=O)[O-])ccc2O)cc1. The molecule has 9 nitrogen and oxygen atoms in total. The molecule has 0 saturated heterocycles. The molecule has 0 aliphatic carbocycles. The topological polar surface area (TPSA) is 126 Å². The molecule has 0 radical (unpaired) electrons. The van der Waals surface area contributed by atoms with Crippen molar-refractivity contribution in [1.82, 2.24) is 5.43 Å². The van der Waals surface area contributed by atoms with Crippen LogP contribution in [0.25, 0.3) is 0 Å². The number of anilines is 1. The van der Waals surface area contributed by atoms with E-state index >= 15 is 0 Å². The Balaban J connectivity index is 1.93. The van der Waals surface area contributed by atoms with E-state index in [1.54, 1.807) is 31.2 Å². The van der Waals surface area contributed by atoms with Crippen LogP contribution in [-0.2, 0) is 4.79 Å². The summed E-state index contributed by atoms with van der Waals surface area (Å²) in [4.78, 5) is 22.3. The Hall–Kier alpha value is -3.62. The summed E-state index contributed by atoms with van der Waals surface area (Å²) in [7, 11) is 0. The van der Waals surface area contributed by atoms with Crippen LogP contribution in [0.15, 0.2) is 47.6 Å². The number of phenols is 1. The lowest BCUT2D eigenvalue weighted by Crippen LogP contribution is -2.34. The van der Waals surface area contributed by atoms with Crippen molar-refractivity contribution in [1.29, 1.82) is 0 Å². The first kappa shape index (κ1) is 19.7. The summed E-state index contributed by atoms with van der Waals surface area (Å²) in [5, 5.41) is 27.2. The second kappa shape index (κ2) is 9.18. The predicted octanol–water partition coefficient (Wildman–Crippen LogP) is 2.65. The second-order valence-electron chi connectivity index (χ2n) is 5.56. The Morgan fingerprint density at radius 3 is 2.67 bits per heavy atom. The Bertz CT molecular complexity index is 836. The number of benzene rings is 2. The van der Waals surface area contributed by atoms with Crippen LogP contribution >= 0.6 is 0 Å². The number of hydrazone groups is 1. The molecule has 0 bridgehead atoms. The van der Waals surface area contributed by atoms with Crippen molar-refractivity contribution in [3.63, 3.8) is 0 Å². The van der Waals surface area contributed by atoms with Crippen LogP contribution in [-0.4, -0.2) is 34.8 Å². The summed E-state index contributed by atoms with van der Waals surface area (Å²) in [6, 6.07) is 10.1. The zero-order valence-electron chi connectivity index (χ0n) is 14.9. The lowest BCUT2D eigenvalue weighted by molar-refractivity contribution is -0.384. The van der Waals surface area contributed by atoms with Gasteiger partial charge in [0.25, 0.3) is 11.6 Å². The molecule has 3 N–H and O–H groups in total. The van der Waals surface area contributed by atoms with Gasteiger partial charge in [0.1, 0.15) is 17.5 Å². The minimum atomic E-state index is -0.585. The number of nitro groups is 1. The summed E-state index contributed by atoms with van der Waals surface area (Å²) < 4.78 is 5.35. The van der Waals surface area contributed by atoms with Crippen molar-refractivity contribution in [2.24, 2.45) is 5.10 Å². The maximum absolute atomic E-state index is 12.1. The molecule has 0 fully saturated rings. The number of aromatic hydroxyl groups is 1. The van der Waals surface area contributed by atoms with Gasteiger partial charge < -0.3 is 15.2 Å². The normalized spacial score (nSPS) is 11.8. The van der Waals surface area contributed by atoms with E-state index in [1.165, 1.54) is 12.1 Å². The summed E-state index contributed by atoms with van der Waals surface area (Å²) in [6.07, 6.45) is 1.14. The molecular weight excluding hydrogens is 352 g/mol. The van der Waals surface area contributed by atoms with Crippen molar-refractivity contribution in [2.45, 2.75) is 19.9 Å². The van der Waals surface area contributed by atoms with E-state index in [1.807, 2.05) is 6.92 Å². The zero-order chi connectivity index (χ0) is 19.8. The highest BCUT2D eigenvalue weighted by Crippen LogP contribution is 2.21. The molecule has 9 heteroatoms. The number of hydrogen-bond acceptors (Lipinski definition) is 7. The van der Waals surface area contributed by atoms with Gasteiger partial charge in [-0.3, -0.25) is 14.9 Å². The summed E-state index contributed by atoms with van der Waals surface area (Å²) in [5.74, 6) is 0.144. The molecule has 1 amide bonds. The van der Waals surface area contributed by atoms with E-state index in [0.717, 1.165) is 23.7 Å². The Morgan fingerprint density at radius 1 is 1.33 bits per heavy atom. The van der Waals surface area contributed by atoms with Crippen LogP contribution < -0.4 is 15.5 Å². The van der Waals surface area contributed by atoms with E-state index < -0.39 is 16.9 Å². The number of carbonyl (C=O) groups excluding carboxylic acids is 1. The summed E-state index contributed by atoms with van der Waals surface area (Å²) in [6.45, 7) is 4.13. The predicted molar refractivity (Wildman–Crippen MR) is 101 cm³/mol. The molecule has 0 aromatic heterocycles. The van der Waals surface area contributed by atoms with Crippen LogP contribution in [0.5, 0.6) is 11.5 Å². The number of non-ortho nitro benzene ring substituents is 1. The molecule has 0 heterocycles. The fourth-order valence-corrected chi connectivity index (χ4v) is 2.15. The third kappa shape index (κ3) is 5.70. The molecule has 142 valence electrons. The highest BCUT2D eigenvalue weighted by molar-refractivity contribution is 5.88. The van der Waals surface area contributed by atoms with E-state index in [9.17, 15) is 20.0 Å². The Kier molecular flexibility index (Phi) is 6.70. The molecule has 2 rings (SSSR count). The first-order valence-corrected chi connectivity index (χ1v) is 8.20. The maximum Gasteiger partial charge on any atom is 0.270 e. The van der Waals surface area contributed by atoms with Gasteiger partial charge in [0.05, 0.1) is 17.7 Å². The fourth-order valence-electron chi connectivity index (χ4n) is 2.15. The van der Waals surface area contributed by atoms with Crippen molar-refractivity contribution < 1.29 is 19.6 Å². The van der Waals surface area contributed by atoms with Gasteiger partial charge in [-0.2, -0.15) is 5.10 Å². The van der Waals surface area contributed by atoms with Gasteiger partial charge >= 0.3 is 0 Å². The van der Waals surface area contributed by atoms with Crippen LogP contribution in [0.3, 0.4) is 0 Å². The minimum Gasteiger partial charge on any atom is -0.507 e. The number of rotatable bonds is 8. The second-order valence-corrected chi connectivity index (χ2v) is 5.56. The minimum absolute atomic E-state index is 0.122. The van der Waals surface area contributed by atoms with Crippen molar-refractivity contribution >= 4 is 23.5 Å². The van der Waals surface area contributed by atoms with E-state index in [4.69, 9.17) is 4.74 Å². The molecular formula is C18H20N4O5. The summed E-state index contributed by atoms with van der Waals surface area (Å²) >= 11 is 0. The van der Waals surface area contributed by atoms with E-state index in [-0.39, 0.29) is 17.0 Å². The molecule has 27 heavy (non-hydrogen) atoms. The molecule has 0 spiro atoms. The summed E-state index contributed by atoms with van der Waals surface area (Å²) in [5.41, 5.74) is 2.99. The zero-order valence-corrected chi connectivity index (χ0v) is 14.9. The highest BCUT2D eigenvalue weighted by Gasteiger charge is 2.12. The smallest absolute Gasteiger partial charge is 0.270 e. The first-order chi connectivity index (χ1) is 12.9. The lowest BCUT2D eigenvalue weighted by atomic mass is 10.2. The number of hydrogen-bond donors (Lipinski definition) is 3. The Morgan fingerprint density at radius 2 is 2.04 bits per heavy atom. The lowest BCUT2D eigenvalue weighted by Gasteiger charge is -2.14. The standard InChI is InChI=1S/C18H20N4O5/c1-3-27-16-7-4-14(5-8-16)20-12(2)18(24)21-19-11-13-10-15(22(25)26)6-9-17(13)23/h4-12,20,23H,3H2,1-2H3,(H,21,24)/b19-11-/t12-/m0/s1. The first-order valence-electron chi connectivity index (χ1n) is 8.20. The Labute approximate surface area is 155 Å². The molecule has 2 aromatic carbocycles. The van der Waals surface area contributed by atoms with Crippen molar-refractivity contribution in [2.75, 3.05) is 11.9 Å². The van der Waals surface area contributed by atoms with Gasteiger partial charge in [-0.05, 0) is 44.2 Å². The van der Waals surface area contributed by atoms with Crippen LogP contribution in [0, 0.1) is 10.1 Å². The number of amides is 1. The molecule has 0 aliphatic rings. The number of phenolic OH excluding ortho intramolecular Hbond substituents is 1. The van der Waals surface area contributed by atoms with Crippen molar-refractivity contribution in [3.8, 4) is 11.5 Å². The van der Waals surface area contributed by atoms with Gasteiger partial charge in [-0.15, -0.1) is 0 Å². The quantitative estimate of drug-likeness (QED) is 0.371. The number of nitrogens with one attached hydrogen (secondary N) is 2. The van der Waals surface area contributed by atoms with Gasteiger partial charge in [0.15, 0.2) is 0 Å². The monoisotopic (exact) mass is 372 g/mol. The van der Waals surface area contributed by atoms with Gasteiger partial charge in [-0.25, -0.2) is 5.43 Å². The molecule has 0 unspecified atom stereocenters. The number of carbonyl (C=O) groups is 1. The average Bonchev–Trinajstić information content (AvgIpc) is 2.64. The third-order valence-electron chi connectivity index (χ3n) is 3.54. The molecule has 0 aliphatic heterocycles. The molecule has 0 saturated carbocycles. The average molecular weight is 372 g/mol. The molecule has 1 atom stereocenters. The largest absolute Gasteiger partial charge is 0.507 e. The van der Waals surface area contributed by atoms with Crippen LogP contribution in [0.4, 0.5) is 11.4 Å². The number of nitro benzene ring substituents is 1. The van der Waals surface area contributed by atoms with Gasteiger partial charge in [0.2, 0.25) is 0 Å². The maximum atomic E-state index is 12.1. The van der Waals surface area contributed by atoms with Crippen LogP contribution in [0.2, 0.25) is 0 Å². The van der Waals surface area contributed by atoms with E-state index in [2.05, 4.69) is 15.8 Å². The highest BCUT2D eigenvalue weighted by atomic mass is 16.6. The fraction of sp³-hybridized carbons (Fsp3) is 0.222.